The minimum absolute atomic E-state index is 0.214. The van der Waals surface area contributed by atoms with Crippen LogP contribution in [0.25, 0.3) is 0 Å². The average Bonchev–Trinajstić information content (AvgIpc) is 1.98. The van der Waals surface area contributed by atoms with Gasteiger partial charge in [-0.25, -0.2) is 4.57 Å². The standard InChI is InChI=1S/C9H18NO5P/c1-7(2)9(11)8(10(3,4)5)6-15-16(12,13)14/h8H,1,6H2,2-5H3,(H-,12,13,14)/p+1. The van der Waals surface area contributed by atoms with E-state index in [1.165, 1.54) is 0 Å². The van der Waals surface area contributed by atoms with E-state index in [1.807, 2.05) is 0 Å². The lowest BCUT2D eigenvalue weighted by molar-refractivity contribution is -0.886. The fraction of sp³-hybridized carbons (Fsp3) is 0.667. The second kappa shape index (κ2) is 5.21. The van der Waals surface area contributed by atoms with Gasteiger partial charge in [-0.3, -0.25) is 9.32 Å². The van der Waals surface area contributed by atoms with E-state index in [2.05, 4.69) is 11.1 Å². The summed E-state index contributed by atoms with van der Waals surface area (Å²) in [5.74, 6) is -0.263. The molecule has 0 aliphatic heterocycles. The summed E-state index contributed by atoms with van der Waals surface area (Å²) in [4.78, 5) is 29.0. The number of Topliss-reactive ketones (excluding diaryl/α,β-unsaturated/α-hetero) is 1. The molecular formula is C9H19NO5P+. The summed E-state index contributed by atoms with van der Waals surface area (Å²) < 4.78 is 15.2. The number of hydrogen-bond donors (Lipinski definition) is 2. The number of ketones is 1. The number of carbonyl (C=O) groups is 1. The SMILES string of the molecule is C=C(C)C(=O)C(COP(=O)(O)O)[N+](C)(C)C. The number of nitrogens with zero attached hydrogens (tertiary/aromatic N) is 1. The van der Waals surface area contributed by atoms with Crippen molar-refractivity contribution in [3.8, 4) is 0 Å². The van der Waals surface area contributed by atoms with Gasteiger partial charge in [0.1, 0.15) is 6.61 Å². The van der Waals surface area contributed by atoms with Gasteiger partial charge in [-0.15, -0.1) is 0 Å². The highest BCUT2D eigenvalue weighted by Gasteiger charge is 2.34. The number of quaternary nitrogens is 1. The zero-order valence-electron chi connectivity index (χ0n) is 10.0. The van der Waals surface area contributed by atoms with Gasteiger partial charge in [-0.2, -0.15) is 0 Å². The van der Waals surface area contributed by atoms with Crippen LogP contribution in [-0.4, -0.2) is 53.8 Å². The van der Waals surface area contributed by atoms with Gasteiger partial charge in [0.05, 0.1) is 21.1 Å². The summed E-state index contributed by atoms with van der Waals surface area (Å²) in [6.07, 6.45) is 0. The number of phosphoric acid groups is 1. The van der Waals surface area contributed by atoms with E-state index >= 15 is 0 Å². The van der Waals surface area contributed by atoms with Crippen molar-refractivity contribution in [3.05, 3.63) is 12.2 Å². The van der Waals surface area contributed by atoms with E-state index in [0.717, 1.165) is 0 Å². The molecular weight excluding hydrogens is 233 g/mol. The summed E-state index contributed by atoms with van der Waals surface area (Å²) in [7, 11) is 0.683. The predicted molar refractivity (Wildman–Crippen MR) is 59.6 cm³/mol. The van der Waals surface area contributed by atoms with Gasteiger partial charge >= 0.3 is 7.82 Å². The summed E-state index contributed by atoms with van der Waals surface area (Å²) in [6.45, 7) is 4.75. The lowest BCUT2D eigenvalue weighted by Gasteiger charge is -2.32. The first-order valence-electron chi connectivity index (χ1n) is 4.66. The van der Waals surface area contributed by atoms with Gasteiger partial charge in [0.2, 0.25) is 5.78 Å². The first-order valence-corrected chi connectivity index (χ1v) is 6.19. The number of carbonyl (C=O) groups excluding carboxylic acids is 1. The number of likely N-dealkylation sites (N-methyl/N-ethyl adjacent to an activating group) is 1. The third-order valence-corrected chi connectivity index (χ3v) is 2.54. The molecule has 0 radical (unpaired) electrons. The van der Waals surface area contributed by atoms with Crippen molar-refractivity contribution in [1.29, 1.82) is 0 Å². The van der Waals surface area contributed by atoms with Crippen molar-refractivity contribution >= 4 is 13.6 Å². The van der Waals surface area contributed by atoms with Crippen molar-refractivity contribution in [3.63, 3.8) is 0 Å². The van der Waals surface area contributed by atoms with Gasteiger partial charge in [0.25, 0.3) is 0 Å². The van der Waals surface area contributed by atoms with E-state index in [1.54, 1.807) is 28.1 Å². The molecule has 0 aromatic carbocycles. The zero-order valence-corrected chi connectivity index (χ0v) is 10.9. The summed E-state index contributed by atoms with van der Waals surface area (Å²) >= 11 is 0. The van der Waals surface area contributed by atoms with E-state index < -0.39 is 13.9 Å². The first kappa shape index (κ1) is 15.5. The van der Waals surface area contributed by atoms with Gasteiger partial charge in [0, 0.05) is 0 Å². The van der Waals surface area contributed by atoms with Crippen LogP contribution >= 0.6 is 7.82 Å². The zero-order chi connectivity index (χ0) is 13.1. The Hall–Kier alpha value is -0.520. The van der Waals surface area contributed by atoms with E-state index in [4.69, 9.17) is 9.79 Å². The average molecular weight is 252 g/mol. The van der Waals surface area contributed by atoms with Crippen molar-refractivity contribution in [2.24, 2.45) is 0 Å². The number of phosphoric ester groups is 1. The normalized spacial score (nSPS) is 14.6. The molecule has 0 heterocycles. The van der Waals surface area contributed by atoms with Gasteiger partial charge < -0.3 is 14.3 Å². The minimum atomic E-state index is -4.55. The molecule has 0 aliphatic carbocycles. The summed E-state index contributed by atoms with van der Waals surface area (Å²) in [6, 6.07) is -0.676. The van der Waals surface area contributed by atoms with Gasteiger partial charge in [-0.1, -0.05) is 6.58 Å². The molecule has 0 amide bonds. The molecule has 0 rings (SSSR count). The van der Waals surface area contributed by atoms with Crippen molar-refractivity contribution in [2.75, 3.05) is 27.7 Å². The van der Waals surface area contributed by atoms with Crippen LogP contribution in [0.5, 0.6) is 0 Å². The smallest absolute Gasteiger partial charge is 0.320 e. The topological polar surface area (TPSA) is 83.8 Å². The van der Waals surface area contributed by atoms with Crippen LogP contribution in [-0.2, 0) is 13.9 Å². The summed E-state index contributed by atoms with van der Waals surface area (Å²) in [5.41, 5.74) is 0.340. The van der Waals surface area contributed by atoms with Crippen LogP contribution in [0.3, 0.4) is 0 Å². The lowest BCUT2D eigenvalue weighted by atomic mass is 10.1. The molecule has 0 saturated heterocycles. The second-order valence-corrected chi connectivity index (χ2v) is 5.80. The van der Waals surface area contributed by atoms with E-state index in [-0.39, 0.29) is 16.9 Å². The highest BCUT2D eigenvalue weighted by atomic mass is 31.2. The van der Waals surface area contributed by atoms with Crippen LogP contribution in [0, 0.1) is 0 Å². The number of rotatable bonds is 6. The second-order valence-electron chi connectivity index (χ2n) is 4.56. The third-order valence-electron chi connectivity index (χ3n) is 2.06. The van der Waals surface area contributed by atoms with E-state index in [9.17, 15) is 9.36 Å². The molecule has 16 heavy (non-hydrogen) atoms. The Labute approximate surface area is 95.4 Å². The highest BCUT2D eigenvalue weighted by Crippen LogP contribution is 2.36. The predicted octanol–water partition coefficient (Wildman–Crippen LogP) is 0.316. The Kier molecular flexibility index (Phi) is 5.04. The lowest BCUT2D eigenvalue weighted by Crippen LogP contribution is -2.52. The molecule has 0 fully saturated rings. The van der Waals surface area contributed by atoms with Crippen LogP contribution in [0.4, 0.5) is 0 Å². The molecule has 1 unspecified atom stereocenters. The quantitative estimate of drug-likeness (QED) is 0.404. The molecule has 2 N–H and O–H groups in total. The molecule has 0 spiro atoms. The molecule has 1 atom stereocenters. The molecule has 0 saturated carbocycles. The van der Waals surface area contributed by atoms with Crippen molar-refractivity contribution < 1.29 is 28.2 Å². The maximum absolute atomic E-state index is 11.8. The molecule has 0 aromatic rings. The molecule has 94 valence electrons. The van der Waals surface area contributed by atoms with Crippen LogP contribution in [0.1, 0.15) is 6.92 Å². The Morgan fingerprint density at radius 1 is 1.44 bits per heavy atom. The molecule has 0 aliphatic rings. The maximum Gasteiger partial charge on any atom is 0.469 e. The van der Waals surface area contributed by atoms with Crippen LogP contribution in [0.15, 0.2) is 12.2 Å². The molecule has 0 aromatic heterocycles. The Balaban J connectivity index is 4.79. The Morgan fingerprint density at radius 3 is 2.12 bits per heavy atom. The first-order chi connectivity index (χ1) is 6.95. The van der Waals surface area contributed by atoms with Crippen molar-refractivity contribution in [1.82, 2.24) is 0 Å². The van der Waals surface area contributed by atoms with Crippen molar-refractivity contribution in [2.45, 2.75) is 13.0 Å². The Bertz CT molecular complexity index is 327. The van der Waals surface area contributed by atoms with Crippen LogP contribution < -0.4 is 0 Å². The summed E-state index contributed by atoms with van der Waals surface area (Å²) in [5, 5.41) is 0. The molecule has 0 bridgehead atoms. The highest BCUT2D eigenvalue weighted by molar-refractivity contribution is 7.46. The largest absolute Gasteiger partial charge is 0.469 e. The van der Waals surface area contributed by atoms with Gasteiger partial charge in [0.15, 0.2) is 6.04 Å². The maximum atomic E-state index is 11.8. The minimum Gasteiger partial charge on any atom is -0.320 e. The van der Waals surface area contributed by atoms with Crippen LogP contribution in [0.2, 0.25) is 0 Å². The fourth-order valence-electron chi connectivity index (χ4n) is 1.10. The fourth-order valence-corrected chi connectivity index (χ4v) is 1.44. The number of hydrogen-bond acceptors (Lipinski definition) is 3. The third kappa shape index (κ3) is 5.53. The van der Waals surface area contributed by atoms with E-state index in [0.29, 0.717) is 5.57 Å². The monoisotopic (exact) mass is 252 g/mol. The molecule has 7 heteroatoms. The molecule has 6 nitrogen and oxygen atoms in total. The van der Waals surface area contributed by atoms with Gasteiger partial charge in [-0.05, 0) is 12.5 Å². The Morgan fingerprint density at radius 2 is 1.88 bits per heavy atom.